The minimum Gasteiger partial charge on any atom is -0.489 e. The van der Waals surface area contributed by atoms with Crippen molar-refractivity contribution < 1.29 is 14.3 Å². The van der Waals surface area contributed by atoms with Crippen LogP contribution in [0.5, 0.6) is 5.75 Å². The van der Waals surface area contributed by atoms with E-state index in [2.05, 4.69) is 6.92 Å². The number of hydrogen-bond acceptors (Lipinski definition) is 3. The van der Waals surface area contributed by atoms with E-state index >= 15 is 0 Å². The molecule has 140 valence electrons. The van der Waals surface area contributed by atoms with Gasteiger partial charge in [0.15, 0.2) is 0 Å². The van der Waals surface area contributed by atoms with Crippen LogP contribution in [0, 0.1) is 5.41 Å². The van der Waals surface area contributed by atoms with Gasteiger partial charge in [-0.2, -0.15) is 0 Å². The Morgan fingerprint density at radius 1 is 0.962 bits per heavy atom. The molecule has 0 aromatic heterocycles. The van der Waals surface area contributed by atoms with Crippen LogP contribution in [0.1, 0.15) is 51.2 Å². The van der Waals surface area contributed by atoms with Crippen molar-refractivity contribution in [3.8, 4) is 5.75 Å². The third-order valence-electron chi connectivity index (χ3n) is 4.62. The Hall–Kier alpha value is -2.29. The number of ether oxygens (including phenoxy) is 2. The van der Waals surface area contributed by atoms with Crippen molar-refractivity contribution >= 4 is 5.97 Å². The fourth-order valence-electron chi connectivity index (χ4n) is 3.03. The molecule has 0 saturated heterocycles. The molecule has 0 saturated carbocycles. The molecular weight excluding hydrogens is 324 g/mol. The van der Waals surface area contributed by atoms with Crippen LogP contribution in [-0.2, 0) is 22.6 Å². The summed E-state index contributed by atoms with van der Waals surface area (Å²) >= 11 is 0. The smallest absolute Gasteiger partial charge is 0.312 e. The highest BCUT2D eigenvalue weighted by atomic mass is 16.5. The molecule has 0 fully saturated rings. The van der Waals surface area contributed by atoms with Gasteiger partial charge in [-0.1, -0.05) is 62.2 Å². The van der Waals surface area contributed by atoms with Gasteiger partial charge in [0.1, 0.15) is 12.4 Å². The molecule has 0 bridgehead atoms. The maximum Gasteiger partial charge on any atom is 0.312 e. The van der Waals surface area contributed by atoms with Crippen molar-refractivity contribution in [3.05, 3.63) is 65.7 Å². The lowest BCUT2D eigenvalue weighted by Gasteiger charge is -2.27. The molecule has 2 aromatic rings. The lowest BCUT2D eigenvalue weighted by molar-refractivity contribution is -0.154. The number of hydrogen-bond donors (Lipinski definition) is 0. The van der Waals surface area contributed by atoms with Gasteiger partial charge in [0, 0.05) is 0 Å². The van der Waals surface area contributed by atoms with Crippen molar-refractivity contribution in [2.24, 2.45) is 5.41 Å². The van der Waals surface area contributed by atoms with Gasteiger partial charge < -0.3 is 9.47 Å². The number of carbonyl (C=O) groups is 1. The van der Waals surface area contributed by atoms with Gasteiger partial charge in [-0.05, 0) is 49.9 Å². The molecule has 0 heterocycles. The third kappa shape index (κ3) is 5.91. The van der Waals surface area contributed by atoms with Crippen LogP contribution in [0.25, 0.3) is 0 Å². The van der Waals surface area contributed by atoms with Gasteiger partial charge in [-0.15, -0.1) is 0 Å². The number of rotatable bonds is 10. The maximum absolute atomic E-state index is 12.5. The van der Waals surface area contributed by atoms with Crippen molar-refractivity contribution in [2.45, 2.75) is 53.1 Å². The van der Waals surface area contributed by atoms with E-state index in [9.17, 15) is 4.79 Å². The van der Waals surface area contributed by atoms with Gasteiger partial charge >= 0.3 is 5.97 Å². The Bertz CT molecular complexity index is 664. The highest BCUT2D eigenvalue weighted by molar-refractivity contribution is 5.76. The molecular formula is C23H30O3. The summed E-state index contributed by atoms with van der Waals surface area (Å²) in [5.41, 5.74) is 1.80. The number of esters is 1. The second kappa shape index (κ2) is 10.0. The lowest BCUT2D eigenvalue weighted by Crippen LogP contribution is -2.32. The molecule has 1 atom stereocenters. The number of benzene rings is 2. The van der Waals surface area contributed by atoms with Gasteiger partial charge in [0.05, 0.1) is 12.0 Å². The maximum atomic E-state index is 12.5. The Morgan fingerprint density at radius 3 is 2.27 bits per heavy atom. The predicted molar refractivity (Wildman–Crippen MR) is 105 cm³/mol. The van der Waals surface area contributed by atoms with Crippen LogP contribution < -0.4 is 4.74 Å². The predicted octanol–water partition coefficient (Wildman–Crippen LogP) is 5.57. The Labute approximate surface area is 157 Å². The second-order valence-electron chi connectivity index (χ2n) is 6.98. The average molecular weight is 354 g/mol. The van der Waals surface area contributed by atoms with Crippen LogP contribution in [0.4, 0.5) is 0 Å². The molecule has 0 aliphatic heterocycles. The highest BCUT2D eigenvalue weighted by Crippen LogP contribution is 2.31. The summed E-state index contributed by atoms with van der Waals surface area (Å²) < 4.78 is 11.2. The normalized spacial score (nSPS) is 13.0. The topological polar surface area (TPSA) is 35.5 Å². The molecule has 0 aliphatic carbocycles. The molecule has 2 rings (SSSR count). The fraction of sp³-hybridized carbons (Fsp3) is 0.435. The fourth-order valence-corrected chi connectivity index (χ4v) is 3.03. The average Bonchev–Trinajstić information content (AvgIpc) is 2.67. The van der Waals surface area contributed by atoms with E-state index < -0.39 is 5.41 Å². The zero-order valence-electron chi connectivity index (χ0n) is 16.2. The summed E-state index contributed by atoms with van der Waals surface area (Å²) in [5, 5.41) is 0. The SMILES string of the molecule is CCCCC(C)(Cc1ccc(OCc2ccccc2)cc1)C(=O)OCC. The van der Waals surface area contributed by atoms with Gasteiger partial charge in [-0.3, -0.25) is 4.79 Å². The lowest BCUT2D eigenvalue weighted by atomic mass is 9.79. The van der Waals surface area contributed by atoms with Crippen molar-refractivity contribution in [2.75, 3.05) is 6.61 Å². The zero-order valence-corrected chi connectivity index (χ0v) is 16.2. The zero-order chi connectivity index (χ0) is 18.8. The van der Waals surface area contributed by atoms with Crippen molar-refractivity contribution in [3.63, 3.8) is 0 Å². The van der Waals surface area contributed by atoms with E-state index in [0.717, 1.165) is 36.1 Å². The third-order valence-corrected chi connectivity index (χ3v) is 4.62. The summed E-state index contributed by atoms with van der Waals surface area (Å²) in [6.45, 7) is 6.99. The minimum atomic E-state index is -0.474. The first-order valence-electron chi connectivity index (χ1n) is 9.50. The van der Waals surface area contributed by atoms with E-state index in [0.29, 0.717) is 19.6 Å². The van der Waals surface area contributed by atoms with Crippen molar-refractivity contribution in [1.29, 1.82) is 0 Å². The highest BCUT2D eigenvalue weighted by Gasteiger charge is 2.34. The Morgan fingerprint density at radius 2 is 1.65 bits per heavy atom. The van der Waals surface area contributed by atoms with Crippen LogP contribution in [0.2, 0.25) is 0 Å². The van der Waals surface area contributed by atoms with Gasteiger partial charge in [-0.25, -0.2) is 0 Å². The summed E-state index contributed by atoms with van der Waals surface area (Å²) in [6.07, 6.45) is 3.62. The van der Waals surface area contributed by atoms with Crippen molar-refractivity contribution in [1.82, 2.24) is 0 Å². The summed E-state index contributed by atoms with van der Waals surface area (Å²) in [4.78, 5) is 12.5. The Balaban J connectivity index is 1.99. The molecule has 3 nitrogen and oxygen atoms in total. The van der Waals surface area contributed by atoms with E-state index in [1.807, 2.05) is 68.4 Å². The quantitative estimate of drug-likeness (QED) is 0.523. The van der Waals surface area contributed by atoms with Crippen LogP contribution in [0.3, 0.4) is 0 Å². The van der Waals surface area contributed by atoms with Crippen LogP contribution in [-0.4, -0.2) is 12.6 Å². The summed E-state index contributed by atoms with van der Waals surface area (Å²) in [6, 6.07) is 18.2. The number of carbonyl (C=O) groups excluding carboxylic acids is 1. The molecule has 0 N–H and O–H groups in total. The number of unbranched alkanes of at least 4 members (excludes halogenated alkanes) is 1. The van der Waals surface area contributed by atoms with Crippen LogP contribution in [0.15, 0.2) is 54.6 Å². The summed E-state index contributed by atoms with van der Waals surface area (Å²) in [5.74, 6) is 0.738. The van der Waals surface area contributed by atoms with Crippen LogP contribution >= 0.6 is 0 Å². The second-order valence-corrected chi connectivity index (χ2v) is 6.98. The molecule has 2 aromatic carbocycles. The molecule has 0 radical (unpaired) electrons. The summed E-state index contributed by atoms with van der Waals surface area (Å²) in [7, 11) is 0. The molecule has 0 aliphatic rings. The monoisotopic (exact) mass is 354 g/mol. The first kappa shape index (κ1) is 20.0. The molecule has 3 heteroatoms. The van der Waals surface area contributed by atoms with E-state index in [1.165, 1.54) is 0 Å². The largest absolute Gasteiger partial charge is 0.489 e. The van der Waals surface area contributed by atoms with E-state index in [1.54, 1.807) is 0 Å². The van der Waals surface area contributed by atoms with Gasteiger partial charge in [0.2, 0.25) is 0 Å². The molecule has 26 heavy (non-hydrogen) atoms. The molecule has 1 unspecified atom stereocenters. The first-order valence-corrected chi connectivity index (χ1v) is 9.50. The first-order chi connectivity index (χ1) is 12.6. The minimum absolute atomic E-state index is 0.0992. The van der Waals surface area contributed by atoms with Gasteiger partial charge in [0.25, 0.3) is 0 Å². The van der Waals surface area contributed by atoms with E-state index in [4.69, 9.17) is 9.47 Å². The molecule has 0 amide bonds. The Kier molecular flexibility index (Phi) is 7.71. The molecule has 0 spiro atoms. The standard InChI is InChI=1S/C23H30O3/c1-4-6-16-23(3,22(24)25-5-2)17-19-12-14-21(15-13-19)26-18-20-10-8-7-9-11-20/h7-15H,4-6,16-18H2,1-3H3. The van der Waals surface area contributed by atoms with E-state index in [-0.39, 0.29) is 5.97 Å².